The third kappa shape index (κ3) is 1.98. The lowest BCUT2D eigenvalue weighted by molar-refractivity contribution is 0.306. The predicted octanol–water partition coefficient (Wildman–Crippen LogP) is 2.18. The van der Waals surface area contributed by atoms with Crippen molar-refractivity contribution in [1.82, 2.24) is 20.3 Å². The maximum atomic E-state index is 4.62. The first-order chi connectivity index (χ1) is 8.33. The first-order valence-electron chi connectivity index (χ1n) is 5.71. The van der Waals surface area contributed by atoms with Gasteiger partial charge in [-0.1, -0.05) is 11.6 Å². The summed E-state index contributed by atoms with van der Waals surface area (Å²) < 4.78 is 4.62. The minimum absolute atomic E-state index is 0.593. The molecule has 1 N–H and O–H groups in total. The fraction of sp³-hybridized carbons (Fsp3) is 0.455. The van der Waals surface area contributed by atoms with Crippen molar-refractivity contribution in [3.05, 3.63) is 23.8 Å². The molecule has 1 aliphatic carbocycles. The second kappa shape index (κ2) is 4.12. The molecule has 0 amide bonds. The van der Waals surface area contributed by atoms with E-state index < -0.39 is 0 Å². The molecule has 0 saturated heterocycles. The van der Waals surface area contributed by atoms with Gasteiger partial charge in [0.25, 0.3) is 0 Å². The first kappa shape index (κ1) is 10.2. The minimum Gasteiger partial charge on any atom is -0.320 e. The van der Waals surface area contributed by atoms with Gasteiger partial charge in [-0.3, -0.25) is 0 Å². The van der Waals surface area contributed by atoms with E-state index >= 15 is 0 Å². The molecule has 3 rings (SSSR count). The molecular formula is C11H13N5O. The molecule has 2 aromatic rings. The van der Waals surface area contributed by atoms with Gasteiger partial charge in [-0.2, -0.15) is 0 Å². The lowest BCUT2D eigenvalue weighted by Gasteiger charge is -2.24. The average Bonchev–Trinajstić information content (AvgIpc) is 2.63. The molecule has 1 saturated carbocycles. The van der Waals surface area contributed by atoms with Gasteiger partial charge in [0.1, 0.15) is 17.8 Å². The standard InChI is InChI=1S/C11H13N5O/c1-7-11(16-17-15-7)14-10-5-9(12-6-13-10)8-3-2-4-8/h5-6,8H,2-4H2,1H3,(H,12,13,14,16). The van der Waals surface area contributed by atoms with Crippen LogP contribution >= 0.6 is 0 Å². The van der Waals surface area contributed by atoms with Crippen LogP contribution in [0.1, 0.15) is 36.6 Å². The second-order valence-electron chi connectivity index (χ2n) is 4.28. The number of nitrogens with zero attached hydrogens (tertiary/aromatic N) is 4. The predicted molar refractivity (Wildman–Crippen MR) is 60.9 cm³/mol. The highest BCUT2D eigenvalue weighted by atomic mass is 16.6. The zero-order valence-corrected chi connectivity index (χ0v) is 9.55. The Kier molecular flexibility index (Phi) is 2.47. The van der Waals surface area contributed by atoms with E-state index in [0.29, 0.717) is 17.4 Å². The van der Waals surface area contributed by atoms with Crippen LogP contribution in [0.2, 0.25) is 0 Å². The summed E-state index contributed by atoms with van der Waals surface area (Å²) in [5, 5.41) is 10.5. The van der Waals surface area contributed by atoms with Gasteiger partial charge in [-0.15, -0.1) is 0 Å². The molecule has 0 aliphatic heterocycles. The van der Waals surface area contributed by atoms with Crippen molar-refractivity contribution in [3.8, 4) is 0 Å². The molecule has 0 spiro atoms. The topological polar surface area (TPSA) is 76.7 Å². The van der Waals surface area contributed by atoms with Gasteiger partial charge in [-0.25, -0.2) is 14.6 Å². The van der Waals surface area contributed by atoms with Gasteiger partial charge >= 0.3 is 0 Å². The Morgan fingerprint density at radius 1 is 1.29 bits per heavy atom. The first-order valence-corrected chi connectivity index (χ1v) is 5.71. The molecule has 1 aliphatic rings. The van der Waals surface area contributed by atoms with E-state index in [1.54, 1.807) is 6.33 Å². The summed E-state index contributed by atoms with van der Waals surface area (Å²) >= 11 is 0. The fourth-order valence-electron chi connectivity index (χ4n) is 1.83. The van der Waals surface area contributed by atoms with Crippen molar-refractivity contribution in [2.45, 2.75) is 32.1 Å². The molecule has 88 valence electrons. The molecule has 0 bridgehead atoms. The number of nitrogens with one attached hydrogen (secondary N) is 1. The molecule has 0 aromatic carbocycles. The van der Waals surface area contributed by atoms with Crippen molar-refractivity contribution in [2.24, 2.45) is 0 Å². The Morgan fingerprint density at radius 2 is 2.18 bits per heavy atom. The lowest BCUT2D eigenvalue weighted by Crippen LogP contribution is -2.11. The minimum atomic E-state index is 0.593. The molecule has 0 unspecified atom stereocenters. The van der Waals surface area contributed by atoms with Crippen LogP contribution in [0.15, 0.2) is 17.0 Å². The number of rotatable bonds is 3. The lowest BCUT2D eigenvalue weighted by atomic mass is 9.83. The summed E-state index contributed by atoms with van der Waals surface area (Å²) in [6.45, 7) is 1.83. The summed E-state index contributed by atoms with van der Waals surface area (Å²) in [4.78, 5) is 8.47. The summed E-state index contributed by atoms with van der Waals surface area (Å²) in [6.07, 6.45) is 5.32. The van der Waals surface area contributed by atoms with Crippen LogP contribution in [0.3, 0.4) is 0 Å². The van der Waals surface area contributed by atoms with Crippen LogP contribution < -0.4 is 5.32 Å². The Morgan fingerprint density at radius 3 is 2.82 bits per heavy atom. The van der Waals surface area contributed by atoms with E-state index in [9.17, 15) is 0 Å². The van der Waals surface area contributed by atoms with E-state index in [-0.39, 0.29) is 0 Å². The molecule has 0 radical (unpaired) electrons. The van der Waals surface area contributed by atoms with Crippen LogP contribution in [0, 0.1) is 6.92 Å². The van der Waals surface area contributed by atoms with E-state index in [0.717, 1.165) is 11.5 Å². The van der Waals surface area contributed by atoms with Crippen molar-refractivity contribution in [2.75, 3.05) is 5.32 Å². The van der Waals surface area contributed by atoms with Gasteiger partial charge in [0.2, 0.25) is 0 Å². The Balaban J connectivity index is 1.81. The van der Waals surface area contributed by atoms with Gasteiger partial charge in [0, 0.05) is 17.7 Å². The summed E-state index contributed by atoms with van der Waals surface area (Å²) in [7, 11) is 0. The largest absolute Gasteiger partial charge is 0.320 e. The summed E-state index contributed by atoms with van der Waals surface area (Å²) in [5.41, 5.74) is 1.82. The van der Waals surface area contributed by atoms with Gasteiger partial charge < -0.3 is 5.32 Å². The molecular weight excluding hydrogens is 218 g/mol. The average molecular weight is 231 g/mol. The highest BCUT2D eigenvalue weighted by Gasteiger charge is 2.21. The van der Waals surface area contributed by atoms with Crippen molar-refractivity contribution < 1.29 is 4.63 Å². The van der Waals surface area contributed by atoms with E-state index in [1.165, 1.54) is 19.3 Å². The Labute approximate surface area is 98.4 Å². The van der Waals surface area contributed by atoms with Crippen LogP contribution in [-0.4, -0.2) is 20.3 Å². The Hall–Kier alpha value is -1.98. The van der Waals surface area contributed by atoms with Crippen LogP contribution in [0.25, 0.3) is 0 Å². The van der Waals surface area contributed by atoms with Crippen molar-refractivity contribution >= 4 is 11.6 Å². The maximum Gasteiger partial charge on any atom is 0.199 e. The third-order valence-corrected chi connectivity index (χ3v) is 3.11. The molecule has 0 atom stereocenters. The summed E-state index contributed by atoms with van der Waals surface area (Å²) in [6, 6.07) is 1.97. The molecule has 6 heteroatoms. The normalized spacial score (nSPS) is 15.6. The van der Waals surface area contributed by atoms with Crippen LogP contribution in [-0.2, 0) is 0 Å². The number of hydrogen-bond acceptors (Lipinski definition) is 6. The molecule has 17 heavy (non-hydrogen) atoms. The molecule has 2 aromatic heterocycles. The van der Waals surface area contributed by atoms with E-state index in [4.69, 9.17) is 0 Å². The maximum absolute atomic E-state index is 4.62. The quantitative estimate of drug-likeness (QED) is 0.872. The van der Waals surface area contributed by atoms with Gasteiger partial charge in [-0.05, 0) is 24.9 Å². The van der Waals surface area contributed by atoms with Crippen LogP contribution in [0.4, 0.5) is 11.6 Å². The van der Waals surface area contributed by atoms with Crippen LogP contribution in [0.5, 0.6) is 0 Å². The zero-order chi connectivity index (χ0) is 11.7. The smallest absolute Gasteiger partial charge is 0.199 e. The van der Waals surface area contributed by atoms with E-state index in [1.807, 2.05) is 13.0 Å². The highest BCUT2D eigenvalue weighted by Crippen LogP contribution is 2.35. The number of anilines is 2. The fourth-order valence-corrected chi connectivity index (χ4v) is 1.83. The number of aryl methyl sites for hydroxylation is 1. The highest BCUT2D eigenvalue weighted by molar-refractivity contribution is 5.53. The molecule has 6 nitrogen and oxygen atoms in total. The molecule has 1 fully saturated rings. The third-order valence-electron chi connectivity index (χ3n) is 3.11. The van der Waals surface area contributed by atoms with E-state index in [2.05, 4.69) is 30.2 Å². The Bertz CT molecular complexity index is 520. The zero-order valence-electron chi connectivity index (χ0n) is 9.55. The van der Waals surface area contributed by atoms with Crippen molar-refractivity contribution in [3.63, 3.8) is 0 Å². The number of hydrogen-bond donors (Lipinski definition) is 1. The number of aromatic nitrogens is 4. The van der Waals surface area contributed by atoms with Gasteiger partial charge in [0.15, 0.2) is 5.82 Å². The SMILES string of the molecule is Cc1nonc1Nc1cc(C2CCC2)ncn1. The monoisotopic (exact) mass is 231 g/mol. The second-order valence-corrected chi connectivity index (χ2v) is 4.28. The van der Waals surface area contributed by atoms with Crippen molar-refractivity contribution in [1.29, 1.82) is 0 Å². The summed E-state index contributed by atoms with van der Waals surface area (Å²) in [5.74, 6) is 1.93. The molecule has 2 heterocycles. The van der Waals surface area contributed by atoms with Gasteiger partial charge in [0.05, 0.1) is 0 Å².